The molecule has 0 aromatic carbocycles. The SMILES string of the molecule is CN1CCN(C2CCC(c3cnc4[nH]cc(-c5csc(C6CCCN6C)n5)c4c3)CC2)CC1. The molecule has 5 heterocycles. The van der Waals surface area contributed by atoms with Crippen LogP contribution in [0.4, 0.5) is 0 Å². The van der Waals surface area contributed by atoms with E-state index in [-0.39, 0.29) is 0 Å². The number of aromatic nitrogens is 3. The molecule has 2 aliphatic heterocycles. The molecule has 2 saturated heterocycles. The molecule has 0 bridgehead atoms. The first kappa shape index (κ1) is 21.7. The van der Waals surface area contributed by atoms with E-state index < -0.39 is 0 Å². The van der Waals surface area contributed by atoms with E-state index in [1.807, 2.05) is 11.3 Å². The number of aromatic amines is 1. The Morgan fingerprint density at radius 3 is 2.58 bits per heavy atom. The zero-order chi connectivity index (χ0) is 22.4. The zero-order valence-corrected chi connectivity index (χ0v) is 20.8. The van der Waals surface area contributed by atoms with Crippen LogP contribution in [0.2, 0.25) is 0 Å². The highest BCUT2D eigenvalue weighted by Crippen LogP contribution is 2.39. The summed E-state index contributed by atoms with van der Waals surface area (Å²) < 4.78 is 0. The molecule has 3 aromatic rings. The molecule has 6 nitrogen and oxygen atoms in total. The number of likely N-dealkylation sites (tertiary alicyclic amines) is 1. The van der Waals surface area contributed by atoms with Crippen molar-refractivity contribution in [3.63, 3.8) is 0 Å². The highest BCUT2D eigenvalue weighted by atomic mass is 32.1. The zero-order valence-electron chi connectivity index (χ0n) is 20.0. The molecule has 3 aromatic heterocycles. The van der Waals surface area contributed by atoms with Crippen molar-refractivity contribution in [1.82, 2.24) is 29.7 Å². The summed E-state index contributed by atoms with van der Waals surface area (Å²) in [6.45, 7) is 6.08. The quantitative estimate of drug-likeness (QED) is 0.605. The van der Waals surface area contributed by atoms with Crippen molar-refractivity contribution in [2.24, 2.45) is 0 Å². The largest absolute Gasteiger partial charge is 0.345 e. The molecular formula is C26H36N6S. The van der Waals surface area contributed by atoms with Crippen molar-refractivity contribution in [2.45, 2.75) is 56.5 Å². The van der Waals surface area contributed by atoms with Crippen LogP contribution >= 0.6 is 11.3 Å². The van der Waals surface area contributed by atoms with Gasteiger partial charge in [0.2, 0.25) is 0 Å². The van der Waals surface area contributed by atoms with Gasteiger partial charge in [0.05, 0.1) is 11.7 Å². The summed E-state index contributed by atoms with van der Waals surface area (Å²) >= 11 is 1.81. The summed E-state index contributed by atoms with van der Waals surface area (Å²) in [5.41, 5.74) is 4.69. The van der Waals surface area contributed by atoms with Gasteiger partial charge in [0.25, 0.3) is 0 Å². The Balaban J connectivity index is 1.18. The third kappa shape index (κ3) is 4.25. The van der Waals surface area contributed by atoms with Gasteiger partial charge in [-0.1, -0.05) is 0 Å². The van der Waals surface area contributed by atoms with Crippen molar-refractivity contribution in [3.8, 4) is 11.3 Å². The predicted molar refractivity (Wildman–Crippen MR) is 136 cm³/mol. The minimum Gasteiger partial charge on any atom is -0.345 e. The first-order chi connectivity index (χ1) is 16.2. The number of rotatable bonds is 4. The number of likely N-dealkylation sites (N-methyl/N-ethyl adjacent to an activating group) is 1. The molecule has 0 radical (unpaired) electrons. The maximum absolute atomic E-state index is 5.06. The average molecular weight is 465 g/mol. The predicted octanol–water partition coefficient (Wildman–Crippen LogP) is 4.73. The van der Waals surface area contributed by atoms with Crippen molar-refractivity contribution in [3.05, 3.63) is 34.4 Å². The number of hydrogen-bond acceptors (Lipinski definition) is 6. The smallest absolute Gasteiger partial charge is 0.137 e. The molecule has 7 heteroatoms. The van der Waals surface area contributed by atoms with Crippen LogP contribution in [0.25, 0.3) is 22.3 Å². The molecule has 3 aliphatic rings. The first-order valence-electron chi connectivity index (χ1n) is 12.7. The lowest BCUT2D eigenvalue weighted by Crippen LogP contribution is -2.49. The van der Waals surface area contributed by atoms with Crippen LogP contribution in [-0.2, 0) is 0 Å². The molecule has 6 rings (SSSR count). The van der Waals surface area contributed by atoms with E-state index in [1.165, 1.54) is 92.8 Å². The molecule has 1 saturated carbocycles. The number of fused-ring (bicyclic) bond motifs is 1. The van der Waals surface area contributed by atoms with Crippen molar-refractivity contribution >= 4 is 22.4 Å². The summed E-state index contributed by atoms with van der Waals surface area (Å²) in [4.78, 5) is 20.9. The van der Waals surface area contributed by atoms with Crippen molar-refractivity contribution in [2.75, 3.05) is 46.8 Å². The van der Waals surface area contributed by atoms with Gasteiger partial charge in [0, 0.05) is 60.9 Å². The standard InChI is InChI=1S/C26H36N6S/c1-30-10-12-32(13-11-30)20-7-5-18(6-8-20)19-14-21-22(16-28-25(21)27-15-19)23-17-33-26(29-23)24-4-3-9-31(24)2/h14-18,20,24H,3-13H2,1-2H3,(H,27,28). The van der Waals surface area contributed by atoms with Gasteiger partial charge in [-0.25, -0.2) is 9.97 Å². The van der Waals surface area contributed by atoms with Crippen LogP contribution in [0.1, 0.15) is 61.1 Å². The summed E-state index contributed by atoms with van der Waals surface area (Å²) in [5.74, 6) is 0.631. The molecule has 1 unspecified atom stereocenters. The van der Waals surface area contributed by atoms with Gasteiger partial charge >= 0.3 is 0 Å². The van der Waals surface area contributed by atoms with Crippen LogP contribution in [-0.4, -0.2) is 82.5 Å². The Morgan fingerprint density at radius 1 is 1.00 bits per heavy atom. The lowest BCUT2D eigenvalue weighted by Gasteiger charge is -2.41. The third-order valence-electron chi connectivity index (χ3n) is 8.38. The fraction of sp³-hybridized carbons (Fsp3) is 0.615. The van der Waals surface area contributed by atoms with Gasteiger partial charge in [0.15, 0.2) is 0 Å². The van der Waals surface area contributed by atoms with Gasteiger partial charge in [0.1, 0.15) is 10.7 Å². The van der Waals surface area contributed by atoms with Gasteiger partial charge in [-0.05, 0) is 76.7 Å². The Kier molecular flexibility index (Phi) is 5.99. The number of hydrogen-bond donors (Lipinski definition) is 1. The van der Waals surface area contributed by atoms with E-state index in [1.54, 1.807) is 0 Å². The minimum absolute atomic E-state index is 0.484. The van der Waals surface area contributed by atoms with Crippen LogP contribution in [0.3, 0.4) is 0 Å². The molecule has 3 fully saturated rings. The van der Waals surface area contributed by atoms with Crippen LogP contribution < -0.4 is 0 Å². The van der Waals surface area contributed by atoms with E-state index in [4.69, 9.17) is 9.97 Å². The summed E-state index contributed by atoms with van der Waals surface area (Å²) in [5, 5.41) is 4.72. The summed E-state index contributed by atoms with van der Waals surface area (Å²) in [6, 6.07) is 3.66. The van der Waals surface area contributed by atoms with Crippen LogP contribution in [0.15, 0.2) is 23.8 Å². The minimum atomic E-state index is 0.484. The second-order valence-corrected chi connectivity index (χ2v) is 11.3. The number of thiazole rings is 1. The number of piperazine rings is 1. The summed E-state index contributed by atoms with van der Waals surface area (Å²) in [6.07, 6.45) is 11.9. The Hall–Kier alpha value is -1.80. The molecule has 0 spiro atoms. The van der Waals surface area contributed by atoms with Crippen LogP contribution in [0.5, 0.6) is 0 Å². The van der Waals surface area contributed by atoms with E-state index in [2.05, 4.69) is 57.6 Å². The van der Waals surface area contributed by atoms with E-state index in [9.17, 15) is 0 Å². The fourth-order valence-electron chi connectivity index (χ4n) is 6.20. The molecule has 176 valence electrons. The van der Waals surface area contributed by atoms with Crippen molar-refractivity contribution in [1.29, 1.82) is 0 Å². The Morgan fingerprint density at radius 2 is 1.82 bits per heavy atom. The second-order valence-electron chi connectivity index (χ2n) is 10.4. The van der Waals surface area contributed by atoms with E-state index in [0.717, 1.165) is 17.4 Å². The lowest BCUT2D eigenvalue weighted by atomic mass is 9.81. The maximum atomic E-state index is 5.06. The normalized spacial score (nSPS) is 28.1. The highest BCUT2D eigenvalue weighted by Gasteiger charge is 2.29. The van der Waals surface area contributed by atoms with Gasteiger partial charge < -0.3 is 9.88 Å². The molecule has 0 amide bonds. The highest BCUT2D eigenvalue weighted by molar-refractivity contribution is 7.10. The summed E-state index contributed by atoms with van der Waals surface area (Å²) in [7, 11) is 4.46. The first-order valence-corrected chi connectivity index (χ1v) is 13.6. The number of nitrogens with zero attached hydrogens (tertiary/aromatic N) is 5. The van der Waals surface area contributed by atoms with Gasteiger partial charge in [-0.15, -0.1) is 11.3 Å². The molecule has 1 atom stereocenters. The fourth-order valence-corrected chi connectivity index (χ4v) is 7.22. The van der Waals surface area contributed by atoms with Gasteiger partial charge in [-0.3, -0.25) is 9.80 Å². The molecule has 1 aliphatic carbocycles. The van der Waals surface area contributed by atoms with E-state index >= 15 is 0 Å². The molecule has 1 N–H and O–H groups in total. The second kappa shape index (κ2) is 9.10. The third-order valence-corrected chi connectivity index (χ3v) is 9.32. The maximum Gasteiger partial charge on any atom is 0.137 e. The number of nitrogens with one attached hydrogen (secondary N) is 1. The molecule has 33 heavy (non-hydrogen) atoms. The topological polar surface area (TPSA) is 51.3 Å². The lowest BCUT2D eigenvalue weighted by molar-refractivity contribution is 0.0878. The van der Waals surface area contributed by atoms with E-state index in [0.29, 0.717) is 12.0 Å². The molecular weight excluding hydrogens is 428 g/mol. The van der Waals surface area contributed by atoms with Gasteiger partial charge in [-0.2, -0.15) is 0 Å². The number of pyridine rings is 1. The average Bonchev–Trinajstić information content (AvgIpc) is 3.58. The monoisotopic (exact) mass is 464 g/mol. The Bertz CT molecular complexity index is 1090. The van der Waals surface area contributed by atoms with Crippen LogP contribution in [0, 0.1) is 0 Å². The number of H-pyrrole nitrogens is 1. The Labute approximate surface area is 201 Å². The van der Waals surface area contributed by atoms with Crippen molar-refractivity contribution < 1.29 is 0 Å².